The summed E-state index contributed by atoms with van der Waals surface area (Å²) < 4.78 is 25.2. The average Bonchev–Trinajstić information content (AvgIpc) is 1.86. The Bertz CT molecular complexity index is 128. The first kappa shape index (κ1) is 9.26. The number of likely N-dealkylation sites (tertiary alicyclic amines) is 1. The van der Waals surface area contributed by atoms with Crippen LogP contribution in [0, 0.1) is 0 Å². The summed E-state index contributed by atoms with van der Waals surface area (Å²) in [4.78, 5) is 1.96. The molecule has 1 heterocycles. The molecule has 0 amide bonds. The largest absolute Gasteiger partial charge is 0.292 e. The van der Waals surface area contributed by atoms with Crippen molar-refractivity contribution in [3.8, 4) is 0 Å². The van der Waals surface area contributed by atoms with E-state index in [1.165, 1.54) is 0 Å². The molecular weight excluding hydrogens is 168 g/mol. The SMILES string of the molecule is CC(S)N1CCC(F)(F)CC1. The maximum Gasteiger partial charge on any atom is 0.250 e. The van der Waals surface area contributed by atoms with Crippen LogP contribution in [0.1, 0.15) is 19.8 Å². The van der Waals surface area contributed by atoms with E-state index in [9.17, 15) is 8.78 Å². The molecule has 0 N–H and O–H groups in total. The van der Waals surface area contributed by atoms with Crippen LogP contribution in [0.3, 0.4) is 0 Å². The quantitative estimate of drug-likeness (QED) is 0.605. The summed E-state index contributed by atoms with van der Waals surface area (Å²) >= 11 is 4.18. The lowest BCUT2D eigenvalue weighted by atomic mass is 10.1. The lowest BCUT2D eigenvalue weighted by molar-refractivity contribution is -0.0560. The minimum absolute atomic E-state index is 0.0160. The number of rotatable bonds is 1. The molecule has 1 unspecified atom stereocenters. The highest BCUT2D eigenvalue weighted by Gasteiger charge is 2.34. The van der Waals surface area contributed by atoms with Crippen LogP contribution in [0.4, 0.5) is 8.78 Å². The van der Waals surface area contributed by atoms with Gasteiger partial charge in [-0.3, -0.25) is 4.90 Å². The van der Waals surface area contributed by atoms with Crippen molar-refractivity contribution < 1.29 is 8.78 Å². The average molecular weight is 181 g/mol. The van der Waals surface area contributed by atoms with Crippen molar-refractivity contribution >= 4 is 12.6 Å². The summed E-state index contributed by atoms with van der Waals surface area (Å²) in [6, 6.07) is 0. The zero-order valence-corrected chi connectivity index (χ0v) is 7.45. The van der Waals surface area contributed by atoms with Crippen LogP contribution in [0.5, 0.6) is 0 Å². The number of hydrogen-bond donors (Lipinski definition) is 1. The summed E-state index contributed by atoms with van der Waals surface area (Å²) in [6.45, 7) is 2.85. The zero-order chi connectivity index (χ0) is 8.48. The summed E-state index contributed by atoms with van der Waals surface area (Å²) in [5.74, 6) is -2.43. The molecule has 0 saturated carbocycles. The van der Waals surface area contributed by atoms with E-state index in [-0.39, 0.29) is 18.2 Å². The van der Waals surface area contributed by atoms with Crippen LogP contribution >= 0.6 is 12.6 Å². The fraction of sp³-hybridized carbons (Fsp3) is 1.00. The van der Waals surface area contributed by atoms with Crippen molar-refractivity contribution in [2.45, 2.75) is 31.1 Å². The summed E-state index contributed by atoms with van der Waals surface area (Å²) in [6.07, 6.45) is -0.0319. The van der Waals surface area contributed by atoms with Gasteiger partial charge in [0.15, 0.2) is 0 Å². The second kappa shape index (κ2) is 3.27. The molecule has 0 aliphatic carbocycles. The van der Waals surface area contributed by atoms with Crippen LogP contribution in [-0.2, 0) is 0 Å². The molecule has 1 nitrogen and oxygen atoms in total. The van der Waals surface area contributed by atoms with Gasteiger partial charge in [0.1, 0.15) is 0 Å². The smallest absolute Gasteiger partial charge is 0.250 e. The summed E-state index contributed by atoms with van der Waals surface area (Å²) in [5.41, 5.74) is 0. The van der Waals surface area contributed by atoms with E-state index in [2.05, 4.69) is 12.6 Å². The number of thiol groups is 1. The molecule has 0 aromatic rings. The molecule has 11 heavy (non-hydrogen) atoms. The van der Waals surface area contributed by atoms with Crippen LogP contribution in [0.15, 0.2) is 0 Å². The van der Waals surface area contributed by atoms with E-state index in [1.54, 1.807) is 0 Å². The van der Waals surface area contributed by atoms with Gasteiger partial charge < -0.3 is 0 Å². The Morgan fingerprint density at radius 2 is 1.82 bits per heavy atom. The van der Waals surface area contributed by atoms with Crippen molar-refractivity contribution in [2.24, 2.45) is 0 Å². The maximum absolute atomic E-state index is 12.6. The van der Waals surface area contributed by atoms with Gasteiger partial charge in [0.05, 0.1) is 0 Å². The third-order valence-electron chi connectivity index (χ3n) is 2.06. The van der Waals surface area contributed by atoms with Gasteiger partial charge in [0.2, 0.25) is 0 Å². The Morgan fingerprint density at radius 1 is 1.36 bits per heavy atom. The minimum atomic E-state index is -2.43. The van der Waals surface area contributed by atoms with E-state index >= 15 is 0 Å². The standard InChI is InChI=1S/C7H13F2NS/c1-6(11)10-4-2-7(8,9)3-5-10/h6,11H,2-5H2,1H3. The number of alkyl halides is 2. The Labute approximate surface area is 71.2 Å². The molecule has 1 aliphatic rings. The van der Waals surface area contributed by atoms with Gasteiger partial charge in [-0.2, -0.15) is 12.6 Å². The number of hydrogen-bond acceptors (Lipinski definition) is 2. The van der Waals surface area contributed by atoms with Gasteiger partial charge in [0, 0.05) is 31.3 Å². The fourth-order valence-electron chi connectivity index (χ4n) is 1.22. The van der Waals surface area contributed by atoms with E-state index in [0.717, 1.165) is 0 Å². The van der Waals surface area contributed by atoms with Gasteiger partial charge in [-0.25, -0.2) is 8.78 Å². The van der Waals surface area contributed by atoms with E-state index < -0.39 is 5.92 Å². The number of nitrogens with zero attached hydrogens (tertiary/aromatic N) is 1. The molecule has 0 radical (unpaired) electrons. The first-order valence-corrected chi connectivity index (χ1v) is 4.33. The minimum Gasteiger partial charge on any atom is -0.292 e. The van der Waals surface area contributed by atoms with Crippen molar-refractivity contribution in [1.29, 1.82) is 0 Å². The van der Waals surface area contributed by atoms with Gasteiger partial charge in [-0.05, 0) is 6.92 Å². The molecular formula is C7H13F2NS. The maximum atomic E-state index is 12.6. The Morgan fingerprint density at radius 3 is 2.18 bits per heavy atom. The van der Waals surface area contributed by atoms with E-state index in [0.29, 0.717) is 13.1 Å². The molecule has 66 valence electrons. The van der Waals surface area contributed by atoms with Gasteiger partial charge in [-0.15, -0.1) is 0 Å². The Kier molecular flexibility index (Phi) is 2.75. The van der Waals surface area contributed by atoms with Crippen molar-refractivity contribution in [3.63, 3.8) is 0 Å². The normalized spacial score (nSPS) is 28.4. The first-order valence-electron chi connectivity index (χ1n) is 3.81. The second-order valence-corrected chi connectivity index (χ2v) is 3.77. The topological polar surface area (TPSA) is 3.24 Å². The monoisotopic (exact) mass is 181 g/mol. The van der Waals surface area contributed by atoms with Gasteiger partial charge in [-0.1, -0.05) is 0 Å². The highest BCUT2D eigenvalue weighted by atomic mass is 32.1. The molecule has 0 spiro atoms. The van der Waals surface area contributed by atoms with Crippen molar-refractivity contribution in [1.82, 2.24) is 4.90 Å². The molecule has 0 aromatic heterocycles. The predicted octanol–water partition coefficient (Wildman–Crippen LogP) is 1.99. The number of halogens is 2. The molecule has 1 saturated heterocycles. The lowest BCUT2D eigenvalue weighted by Crippen LogP contribution is -2.41. The van der Waals surface area contributed by atoms with Gasteiger partial charge >= 0.3 is 0 Å². The first-order chi connectivity index (χ1) is 5.01. The summed E-state index contributed by atoms with van der Waals surface area (Å²) in [5, 5.41) is 0.103. The van der Waals surface area contributed by atoms with Crippen LogP contribution < -0.4 is 0 Å². The molecule has 0 bridgehead atoms. The third kappa shape index (κ3) is 2.60. The van der Waals surface area contributed by atoms with E-state index in [4.69, 9.17) is 0 Å². The third-order valence-corrected chi connectivity index (χ3v) is 2.38. The molecule has 1 rings (SSSR count). The van der Waals surface area contributed by atoms with Crippen LogP contribution in [-0.4, -0.2) is 29.3 Å². The highest BCUT2D eigenvalue weighted by Crippen LogP contribution is 2.28. The van der Waals surface area contributed by atoms with Crippen LogP contribution in [0.2, 0.25) is 0 Å². The lowest BCUT2D eigenvalue weighted by Gasteiger charge is -2.33. The van der Waals surface area contributed by atoms with Gasteiger partial charge in [0.25, 0.3) is 5.92 Å². The second-order valence-electron chi connectivity index (χ2n) is 3.02. The molecule has 4 heteroatoms. The molecule has 0 aromatic carbocycles. The number of piperidine rings is 1. The van der Waals surface area contributed by atoms with Crippen molar-refractivity contribution in [3.05, 3.63) is 0 Å². The Hall–Kier alpha value is 0.170. The fourth-order valence-corrected chi connectivity index (χ4v) is 1.46. The molecule has 1 atom stereocenters. The van der Waals surface area contributed by atoms with Crippen molar-refractivity contribution in [2.75, 3.05) is 13.1 Å². The molecule has 1 fully saturated rings. The zero-order valence-electron chi connectivity index (χ0n) is 6.56. The predicted molar refractivity (Wildman–Crippen MR) is 44.2 cm³/mol. The van der Waals surface area contributed by atoms with E-state index in [1.807, 2.05) is 11.8 Å². The highest BCUT2D eigenvalue weighted by molar-refractivity contribution is 7.80. The molecule has 1 aliphatic heterocycles. The summed E-state index contributed by atoms with van der Waals surface area (Å²) in [7, 11) is 0. The Balaban J connectivity index is 2.36. The van der Waals surface area contributed by atoms with Crippen LogP contribution in [0.25, 0.3) is 0 Å².